The van der Waals surface area contributed by atoms with Crippen molar-refractivity contribution >= 4 is 11.8 Å². The molecule has 3 rings (SSSR count). The van der Waals surface area contributed by atoms with Crippen LogP contribution in [0.2, 0.25) is 0 Å². The highest BCUT2D eigenvalue weighted by molar-refractivity contribution is 5.88. The van der Waals surface area contributed by atoms with E-state index < -0.39 is 6.04 Å². The average molecular weight is 505 g/mol. The van der Waals surface area contributed by atoms with Crippen LogP contribution in [0.15, 0.2) is 72.8 Å². The van der Waals surface area contributed by atoms with E-state index in [4.69, 9.17) is 14.2 Å². The number of amides is 2. The van der Waals surface area contributed by atoms with Crippen LogP contribution < -0.4 is 19.5 Å². The van der Waals surface area contributed by atoms with Crippen LogP contribution >= 0.6 is 0 Å². The van der Waals surface area contributed by atoms with Crippen molar-refractivity contribution in [2.45, 2.75) is 45.8 Å². The highest BCUT2D eigenvalue weighted by Gasteiger charge is 2.31. The Hall–Kier alpha value is -4.00. The molecular weight excluding hydrogens is 468 g/mol. The molecule has 0 fully saturated rings. The maximum atomic E-state index is 13.7. The fourth-order valence-corrected chi connectivity index (χ4v) is 3.92. The number of benzene rings is 3. The van der Waals surface area contributed by atoms with E-state index in [2.05, 4.69) is 5.32 Å². The number of ether oxygens (including phenoxy) is 3. The minimum atomic E-state index is -0.720. The maximum absolute atomic E-state index is 13.7. The van der Waals surface area contributed by atoms with Crippen LogP contribution in [0, 0.1) is 6.92 Å². The van der Waals surface area contributed by atoms with E-state index in [1.54, 1.807) is 37.3 Å². The third-order valence-corrected chi connectivity index (χ3v) is 5.86. The summed E-state index contributed by atoms with van der Waals surface area (Å²) >= 11 is 0. The lowest BCUT2D eigenvalue weighted by atomic mass is 10.0. The lowest BCUT2D eigenvalue weighted by molar-refractivity contribution is -0.143. The number of hydrogen-bond acceptors (Lipinski definition) is 5. The Labute approximate surface area is 219 Å². The SMILES string of the molecule is COc1cc(OC)cc(OCC(=O)N(Cc2ccc(C)cc2)[C@@H](Cc2ccccc2)C(=O)NC(C)C)c1. The smallest absolute Gasteiger partial charge is 0.261 e. The number of rotatable bonds is 12. The summed E-state index contributed by atoms with van der Waals surface area (Å²) in [4.78, 5) is 28.7. The van der Waals surface area contributed by atoms with Crippen LogP contribution in [-0.2, 0) is 22.6 Å². The van der Waals surface area contributed by atoms with Crippen molar-refractivity contribution in [2.75, 3.05) is 20.8 Å². The Morgan fingerprint density at radius 3 is 2.00 bits per heavy atom. The van der Waals surface area contributed by atoms with Gasteiger partial charge in [-0.25, -0.2) is 0 Å². The van der Waals surface area contributed by atoms with Crippen LogP contribution in [-0.4, -0.2) is 49.6 Å². The Balaban J connectivity index is 1.91. The molecule has 0 aliphatic rings. The molecule has 37 heavy (non-hydrogen) atoms. The summed E-state index contributed by atoms with van der Waals surface area (Å²) < 4.78 is 16.5. The lowest BCUT2D eigenvalue weighted by Gasteiger charge is -2.32. The molecule has 0 radical (unpaired) electrons. The number of carbonyl (C=O) groups excluding carboxylic acids is 2. The number of methoxy groups -OCH3 is 2. The largest absolute Gasteiger partial charge is 0.496 e. The molecule has 0 aliphatic carbocycles. The fraction of sp³-hybridized carbons (Fsp3) is 0.333. The third kappa shape index (κ3) is 8.27. The molecule has 0 aromatic heterocycles. The molecule has 0 saturated carbocycles. The van der Waals surface area contributed by atoms with Gasteiger partial charge in [-0.15, -0.1) is 0 Å². The van der Waals surface area contributed by atoms with E-state index in [-0.39, 0.29) is 31.0 Å². The van der Waals surface area contributed by atoms with Gasteiger partial charge in [-0.1, -0.05) is 60.2 Å². The van der Waals surface area contributed by atoms with Crippen LogP contribution in [0.1, 0.15) is 30.5 Å². The molecule has 0 unspecified atom stereocenters. The van der Waals surface area contributed by atoms with Crippen LogP contribution in [0.5, 0.6) is 17.2 Å². The summed E-state index contributed by atoms with van der Waals surface area (Å²) in [6.07, 6.45) is 0.379. The predicted molar refractivity (Wildman–Crippen MR) is 144 cm³/mol. The number of aryl methyl sites for hydroxylation is 1. The summed E-state index contributed by atoms with van der Waals surface area (Å²) in [6.45, 7) is 5.85. The molecule has 0 heterocycles. The molecule has 196 valence electrons. The first-order valence-electron chi connectivity index (χ1n) is 12.3. The van der Waals surface area contributed by atoms with E-state index in [1.807, 2.05) is 75.4 Å². The van der Waals surface area contributed by atoms with E-state index in [0.717, 1.165) is 16.7 Å². The Morgan fingerprint density at radius 1 is 0.838 bits per heavy atom. The molecule has 0 aliphatic heterocycles. The first kappa shape index (κ1) is 27.6. The molecule has 3 aromatic carbocycles. The zero-order valence-electron chi connectivity index (χ0n) is 22.2. The summed E-state index contributed by atoms with van der Waals surface area (Å²) in [5.41, 5.74) is 3.01. The van der Waals surface area contributed by atoms with Gasteiger partial charge in [0.2, 0.25) is 5.91 Å². The van der Waals surface area contributed by atoms with Gasteiger partial charge in [-0.2, -0.15) is 0 Å². The van der Waals surface area contributed by atoms with Gasteiger partial charge >= 0.3 is 0 Å². The van der Waals surface area contributed by atoms with E-state index in [0.29, 0.717) is 23.7 Å². The summed E-state index contributed by atoms with van der Waals surface area (Å²) in [7, 11) is 3.10. The van der Waals surface area contributed by atoms with Crippen LogP contribution in [0.3, 0.4) is 0 Å². The summed E-state index contributed by atoms with van der Waals surface area (Å²) in [5, 5.41) is 2.99. The van der Waals surface area contributed by atoms with Gasteiger partial charge in [0.15, 0.2) is 6.61 Å². The molecule has 1 atom stereocenters. The topological polar surface area (TPSA) is 77.1 Å². The van der Waals surface area contributed by atoms with Crippen molar-refractivity contribution in [3.63, 3.8) is 0 Å². The van der Waals surface area contributed by atoms with Gasteiger partial charge in [0.1, 0.15) is 23.3 Å². The van der Waals surface area contributed by atoms with Gasteiger partial charge in [0.25, 0.3) is 5.91 Å². The van der Waals surface area contributed by atoms with E-state index in [1.165, 1.54) is 0 Å². The standard InChI is InChI=1S/C30H36N2O5/c1-21(2)31-30(34)28(15-23-9-7-6-8-10-23)32(19-24-13-11-22(3)12-14-24)29(33)20-37-27-17-25(35-4)16-26(18-27)36-5/h6-14,16-18,21,28H,15,19-20H2,1-5H3,(H,31,34)/t28-/m0/s1. The summed E-state index contributed by atoms with van der Waals surface area (Å²) in [5.74, 6) is 1.03. The van der Waals surface area contributed by atoms with E-state index in [9.17, 15) is 9.59 Å². The highest BCUT2D eigenvalue weighted by Crippen LogP contribution is 2.27. The molecule has 7 nitrogen and oxygen atoms in total. The monoisotopic (exact) mass is 504 g/mol. The second-order valence-electron chi connectivity index (χ2n) is 9.21. The third-order valence-electron chi connectivity index (χ3n) is 5.86. The number of carbonyl (C=O) groups is 2. The van der Waals surface area contributed by atoms with Crippen LogP contribution in [0.4, 0.5) is 0 Å². The molecule has 0 saturated heterocycles. The first-order chi connectivity index (χ1) is 17.8. The van der Waals surface area contributed by atoms with Crippen molar-refractivity contribution in [3.8, 4) is 17.2 Å². The second kappa shape index (κ2) is 13.3. The minimum absolute atomic E-state index is 0.0670. The minimum Gasteiger partial charge on any atom is -0.496 e. The van der Waals surface area contributed by atoms with Gasteiger partial charge in [0.05, 0.1) is 14.2 Å². The van der Waals surface area contributed by atoms with Crippen molar-refractivity contribution < 1.29 is 23.8 Å². The molecule has 7 heteroatoms. The number of hydrogen-bond donors (Lipinski definition) is 1. The molecular formula is C30H36N2O5. The Morgan fingerprint density at radius 2 is 1.43 bits per heavy atom. The van der Waals surface area contributed by atoms with Gasteiger partial charge in [0, 0.05) is 37.2 Å². The van der Waals surface area contributed by atoms with Crippen molar-refractivity contribution in [1.29, 1.82) is 0 Å². The van der Waals surface area contributed by atoms with Crippen molar-refractivity contribution in [1.82, 2.24) is 10.2 Å². The van der Waals surface area contributed by atoms with Gasteiger partial charge in [-0.05, 0) is 31.9 Å². The van der Waals surface area contributed by atoms with Crippen LogP contribution in [0.25, 0.3) is 0 Å². The molecule has 3 aromatic rings. The fourth-order valence-electron chi connectivity index (χ4n) is 3.92. The van der Waals surface area contributed by atoms with Gasteiger partial charge < -0.3 is 24.4 Å². The normalized spacial score (nSPS) is 11.5. The van der Waals surface area contributed by atoms with E-state index >= 15 is 0 Å². The maximum Gasteiger partial charge on any atom is 0.261 e. The first-order valence-corrected chi connectivity index (χ1v) is 12.3. The number of nitrogens with one attached hydrogen (secondary N) is 1. The molecule has 2 amide bonds. The highest BCUT2D eigenvalue weighted by atomic mass is 16.5. The lowest BCUT2D eigenvalue weighted by Crippen LogP contribution is -2.52. The Kier molecular flexibility index (Phi) is 9.95. The zero-order chi connectivity index (χ0) is 26.8. The molecule has 1 N–H and O–H groups in total. The zero-order valence-corrected chi connectivity index (χ0v) is 22.2. The second-order valence-corrected chi connectivity index (χ2v) is 9.21. The quantitative estimate of drug-likeness (QED) is 0.391. The van der Waals surface area contributed by atoms with Crippen molar-refractivity contribution in [3.05, 3.63) is 89.5 Å². The summed E-state index contributed by atoms with van der Waals surface area (Å²) in [6, 6.07) is 22.0. The van der Waals surface area contributed by atoms with Crippen molar-refractivity contribution in [2.24, 2.45) is 0 Å². The number of nitrogens with zero attached hydrogens (tertiary/aromatic N) is 1. The molecule has 0 bridgehead atoms. The molecule has 0 spiro atoms. The Bertz CT molecular complexity index is 1140. The average Bonchev–Trinajstić information content (AvgIpc) is 2.90. The predicted octanol–water partition coefficient (Wildman–Crippen LogP) is 4.56. The van der Waals surface area contributed by atoms with Gasteiger partial charge in [-0.3, -0.25) is 9.59 Å².